The standard InChI is InChI=1S/C19H25N3O2S2/c1-14-12-25-19(21-14)26-13-16-7-9-22(10-8-16)18(23)20-11-15-3-5-17(24-2)6-4-15/h3-6,12,16H,7-11,13H2,1-2H3,(H,20,23). The Kier molecular flexibility index (Phi) is 6.80. The van der Waals surface area contributed by atoms with Gasteiger partial charge in [-0.1, -0.05) is 23.9 Å². The molecule has 1 aromatic carbocycles. The van der Waals surface area contributed by atoms with Crippen LogP contribution in [0.1, 0.15) is 24.1 Å². The second-order valence-corrected chi connectivity index (χ2v) is 8.63. The smallest absolute Gasteiger partial charge is 0.317 e. The molecular formula is C19H25N3O2S2. The lowest BCUT2D eigenvalue weighted by atomic mass is 9.99. The number of nitrogens with one attached hydrogen (secondary N) is 1. The number of carbonyl (C=O) groups is 1. The number of thioether (sulfide) groups is 1. The molecule has 0 saturated carbocycles. The van der Waals surface area contributed by atoms with E-state index in [0.29, 0.717) is 12.5 Å². The fraction of sp³-hybridized carbons (Fsp3) is 0.474. The minimum absolute atomic E-state index is 0.0301. The van der Waals surface area contributed by atoms with Crippen molar-refractivity contribution in [2.75, 3.05) is 26.0 Å². The number of methoxy groups -OCH3 is 1. The molecule has 140 valence electrons. The lowest BCUT2D eigenvalue weighted by molar-refractivity contribution is 0.174. The molecule has 5 nitrogen and oxygen atoms in total. The molecule has 1 N–H and O–H groups in total. The molecule has 1 aliphatic heterocycles. The van der Waals surface area contributed by atoms with Gasteiger partial charge in [-0.25, -0.2) is 9.78 Å². The predicted octanol–water partition coefficient (Wildman–Crippen LogP) is 4.17. The van der Waals surface area contributed by atoms with Crippen molar-refractivity contribution in [2.45, 2.75) is 30.6 Å². The van der Waals surface area contributed by atoms with Gasteiger partial charge < -0.3 is 15.0 Å². The molecule has 0 radical (unpaired) electrons. The van der Waals surface area contributed by atoms with E-state index in [2.05, 4.69) is 15.7 Å². The van der Waals surface area contributed by atoms with Crippen molar-refractivity contribution in [1.82, 2.24) is 15.2 Å². The van der Waals surface area contributed by atoms with E-state index in [-0.39, 0.29) is 6.03 Å². The first-order chi connectivity index (χ1) is 12.6. The summed E-state index contributed by atoms with van der Waals surface area (Å²) in [5.41, 5.74) is 2.17. The molecule has 3 rings (SSSR count). The number of nitrogens with zero attached hydrogens (tertiary/aromatic N) is 2. The number of aryl methyl sites for hydroxylation is 1. The number of likely N-dealkylation sites (tertiary alicyclic amines) is 1. The number of hydrogen-bond donors (Lipinski definition) is 1. The van der Waals surface area contributed by atoms with Crippen molar-refractivity contribution < 1.29 is 9.53 Å². The highest BCUT2D eigenvalue weighted by molar-refractivity contribution is 8.01. The molecule has 2 amide bonds. The predicted molar refractivity (Wildman–Crippen MR) is 107 cm³/mol. The zero-order valence-electron chi connectivity index (χ0n) is 15.2. The van der Waals surface area contributed by atoms with Crippen LogP contribution in [0.5, 0.6) is 5.75 Å². The summed E-state index contributed by atoms with van der Waals surface area (Å²) in [5, 5.41) is 5.11. The average molecular weight is 392 g/mol. The van der Waals surface area contributed by atoms with E-state index in [1.165, 1.54) is 0 Å². The molecule has 2 aromatic rings. The maximum atomic E-state index is 12.4. The van der Waals surface area contributed by atoms with Gasteiger partial charge in [0.05, 0.1) is 7.11 Å². The molecule has 0 aliphatic carbocycles. The number of hydrogen-bond acceptors (Lipinski definition) is 5. The number of benzene rings is 1. The maximum Gasteiger partial charge on any atom is 0.317 e. The van der Waals surface area contributed by atoms with Gasteiger partial charge in [0.15, 0.2) is 0 Å². The van der Waals surface area contributed by atoms with Crippen molar-refractivity contribution in [2.24, 2.45) is 5.92 Å². The highest BCUT2D eigenvalue weighted by atomic mass is 32.2. The number of carbonyl (C=O) groups excluding carboxylic acids is 1. The minimum atomic E-state index is 0.0301. The molecule has 1 fully saturated rings. The van der Waals surface area contributed by atoms with Gasteiger partial charge in [0.2, 0.25) is 0 Å². The van der Waals surface area contributed by atoms with Crippen LogP contribution in [-0.2, 0) is 6.54 Å². The number of rotatable bonds is 6. The Morgan fingerprint density at radius 2 is 2.08 bits per heavy atom. The molecule has 1 aromatic heterocycles. The van der Waals surface area contributed by atoms with Crippen LogP contribution < -0.4 is 10.1 Å². The Morgan fingerprint density at radius 1 is 1.35 bits per heavy atom. The van der Waals surface area contributed by atoms with E-state index in [4.69, 9.17) is 4.74 Å². The maximum absolute atomic E-state index is 12.4. The van der Waals surface area contributed by atoms with E-state index in [1.807, 2.05) is 47.9 Å². The van der Waals surface area contributed by atoms with E-state index < -0.39 is 0 Å². The van der Waals surface area contributed by atoms with Crippen molar-refractivity contribution in [1.29, 1.82) is 0 Å². The molecule has 1 saturated heterocycles. The third-order valence-corrected chi connectivity index (χ3v) is 6.92. The number of thiazole rings is 1. The Hall–Kier alpha value is -1.73. The largest absolute Gasteiger partial charge is 0.497 e. The SMILES string of the molecule is COc1ccc(CNC(=O)N2CCC(CSc3nc(C)cs3)CC2)cc1. The molecular weight excluding hydrogens is 366 g/mol. The molecule has 0 atom stereocenters. The Morgan fingerprint density at radius 3 is 2.69 bits per heavy atom. The molecule has 0 bridgehead atoms. The number of aromatic nitrogens is 1. The van der Waals surface area contributed by atoms with Gasteiger partial charge in [0.25, 0.3) is 0 Å². The molecule has 26 heavy (non-hydrogen) atoms. The first-order valence-electron chi connectivity index (χ1n) is 8.84. The number of amides is 2. The van der Waals surface area contributed by atoms with Crippen LogP contribution in [0, 0.1) is 12.8 Å². The molecule has 7 heteroatoms. The molecule has 1 aliphatic rings. The first kappa shape index (κ1) is 19.0. The quantitative estimate of drug-likeness (QED) is 0.751. The second kappa shape index (κ2) is 9.28. The van der Waals surface area contributed by atoms with Gasteiger partial charge in [-0.05, 0) is 43.4 Å². The van der Waals surface area contributed by atoms with Crippen LogP contribution in [0.3, 0.4) is 0 Å². The summed E-state index contributed by atoms with van der Waals surface area (Å²) in [4.78, 5) is 18.8. The van der Waals surface area contributed by atoms with Crippen molar-refractivity contribution in [3.63, 3.8) is 0 Å². The zero-order chi connectivity index (χ0) is 18.4. The average Bonchev–Trinajstić information content (AvgIpc) is 3.10. The monoisotopic (exact) mass is 391 g/mol. The van der Waals surface area contributed by atoms with Gasteiger partial charge in [0, 0.05) is 36.5 Å². The summed E-state index contributed by atoms with van der Waals surface area (Å²) < 4.78 is 6.30. The van der Waals surface area contributed by atoms with Gasteiger partial charge >= 0.3 is 6.03 Å². The Labute approximate surface area is 163 Å². The van der Waals surface area contributed by atoms with Gasteiger partial charge in [0.1, 0.15) is 10.1 Å². The van der Waals surface area contributed by atoms with Crippen molar-refractivity contribution in [3.8, 4) is 5.75 Å². The summed E-state index contributed by atoms with van der Waals surface area (Å²) in [6.45, 7) is 4.23. The van der Waals surface area contributed by atoms with Gasteiger partial charge in [-0.15, -0.1) is 11.3 Å². The van der Waals surface area contributed by atoms with Crippen molar-refractivity contribution >= 4 is 29.1 Å². The van der Waals surface area contributed by atoms with Crippen LogP contribution in [0.4, 0.5) is 4.79 Å². The fourth-order valence-corrected chi connectivity index (χ4v) is 4.98. The fourth-order valence-electron chi connectivity index (χ4n) is 2.92. The number of ether oxygens (including phenoxy) is 1. The first-order valence-corrected chi connectivity index (χ1v) is 10.7. The van der Waals surface area contributed by atoms with Gasteiger partial charge in [-0.2, -0.15) is 0 Å². The lowest BCUT2D eigenvalue weighted by Crippen LogP contribution is -2.44. The molecule has 0 unspecified atom stereocenters. The third-order valence-electron chi connectivity index (χ3n) is 4.54. The third kappa shape index (κ3) is 5.38. The minimum Gasteiger partial charge on any atom is -0.497 e. The zero-order valence-corrected chi connectivity index (χ0v) is 16.9. The highest BCUT2D eigenvalue weighted by Crippen LogP contribution is 2.28. The van der Waals surface area contributed by atoms with E-state index >= 15 is 0 Å². The molecule has 0 spiro atoms. The summed E-state index contributed by atoms with van der Waals surface area (Å²) in [7, 11) is 1.65. The van der Waals surface area contributed by atoms with Crippen LogP contribution in [0.2, 0.25) is 0 Å². The van der Waals surface area contributed by atoms with Crippen LogP contribution in [0.25, 0.3) is 0 Å². The van der Waals surface area contributed by atoms with E-state index in [1.54, 1.807) is 18.4 Å². The van der Waals surface area contributed by atoms with Crippen LogP contribution >= 0.6 is 23.1 Å². The second-order valence-electron chi connectivity index (χ2n) is 6.50. The summed E-state index contributed by atoms with van der Waals surface area (Å²) in [5.74, 6) is 2.58. The topological polar surface area (TPSA) is 54.5 Å². The van der Waals surface area contributed by atoms with E-state index in [9.17, 15) is 4.79 Å². The molecule has 2 heterocycles. The Balaban J connectivity index is 1.37. The number of piperidine rings is 1. The normalized spacial score (nSPS) is 15.1. The number of urea groups is 1. The lowest BCUT2D eigenvalue weighted by Gasteiger charge is -2.31. The summed E-state index contributed by atoms with van der Waals surface area (Å²) in [6, 6.07) is 7.80. The highest BCUT2D eigenvalue weighted by Gasteiger charge is 2.23. The Bertz CT molecular complexity index is 710. The van der Waals surface area contributed by atoms with E-state index in [0.717, 1.165) is 53.0 Å². The van der Waals surface area contributed by atoms with Gasteiger partial charge in [-0.3, -0.25) is 0 Å². The van der Waals surface area contributed by atoms with Crippen LogP contribution in [-0.4, -0.2) is 41.9 Å². The summed E-state index contributed by atoms with van der Waals surface area (Å²) in [6.07, 6.45) is 2.13. The van der Waals surface area contributed by atoms with Crippen LogP contribution in [0.15, 0.2) is 34.0 Å². The summed E-state index contributed by atoms with van der Waals surface area (Å²) >= 11 is 3.57. The van der Waals surface area contributed by atoms with Crippen molar-refractivity contribution in [3.05, 3.63) is 40.9 Å².